The van der Waals surface area contributed by atoms with Crippen LogP contribution in [0.2, 0.25) is 0 Å². The Labute approximate surface area is 140 Å². The lowest BCUT2D eigenvalue weighted by molar-refractivity contribution is 0.394. The van der Waals surface area contributed by atoms with Gasteiger partial charge >= 0.3 is 0 Å². The molecule has 22 heavy (non-hydrogen) atoms. The maximum Gasteiger partial charge on any atom is 0.210 e. The van der Waals surface area contributed by atoms with Gasteiger partial charge < -0.3 is 9.47 Å². The van der Waals surface area contributed by atoms with Crippen molar-refractivity contribution in [2.45, 2.75) is 0 Å². The first kappa shape index (κ1) is 15.0. The average Bonchev–Trinajstić information content (AvgIpc) is 2.94. The summed E-state index contributed by atoms with van der Waals surface area (Å²) in [7, 11) is 3.25. The van der Waals surface area contributed by atoms with Crippen LogP contribution in [0.3, 0.4) is 0 Å². The summed E-state index contributed by atoms with van der Waals surface area (Å²) in [5.41, 5.74) is 1.82. The molecule has 3 aromatic rings. The minimum absolute atomic E-state index is 0.714. The standard InChI is InChI=1S/C16H13BrN2O2S/c1-20-12-5-3-10(14(8-12)21-2)9-18-16-19-13-6-4-11(17)7-15(13)22-16/h3-9H,1-2H3. The van der Waals surface area contributed by atoms with Gasteiger partial charge in [-0.2, -0.15) is 0 Å². The Morgan fingerprint density at radius 3 is 2.77 bits per heavy atom. The highest BCUT2D eigenvalue weighted by atomic mass is 79.9. The van der Waals surface area contributed by atoms with Crippen molar-refractivity contribution in [1.29, 1.82) is 0 Å². The zero-order valence-electron chi connectivity index (χ0n) is 12.0. The summed E-state index contributed by atoms with van der Waals surface area (Å²) in [4.78, 5) is 8.95. The summed E-state index contributed by atoms with van der Waals surface area (Å²) in [5, 5.41) is 0.714. The molecule has 1 heterocycles. The van der Waals surface area contributed by atoms with E-state index >= 15 is 0 Å². The monoisotopic (exact) mass is 376 g/mol. The lowest BCUT2D eigenvalue weighted by Gasteiger charge is -2.06. The molecular formula is C16H13BrN2O2S. The second kappa shape index (κ2) is 6.46. The van der Waals surface area contributed by atoms with Crippen molar-refractivity contribution in [2.75, 3.05) is 14.2 Å². The van der Waals surface area contributed by atoms with Gasteiger partial charge in [-0.15, -0.1) is 0 Å². The number of thiazole rings is 1. The number of aliphatic imine (C=N–C) groups is 1. The van der Waals surface area contributed by atoms with Gasteiger partial charge in [-0.3, -0.25) is 0 Å². The fourth-order valence-corrected chi connectivity index (χ4v) is 3.35. The van der Waals surface area contributed by atoms with Crippen LogP contribution in [0.4, 0.5) is 5.13 Å². The van der Waals surface area contributed by atoms with Gasteiger partial charge in [-0.1, -0.05) is 27.3 Å². The predicted octanol–water partition coefficient (Wildman–Crippen LogP) is 4.83. The van der Waals surface area contributed by atoms with Crippen molar-refractivity contribution < 1.29 is 9.47 Å². The van der Waals surface area contributed by atoms with Gasteiger partial charge in [0.05, 0.1) is 24.4 Å². The Morgan fingerprint density at radius 1 is 1.14 bits per heavy atom. The van der Waals surface area contributed by atoms with Crippen molar-refractivity contribution in [3.8, 4) is 11.5 Å². The molecule has 112 valence electrons. The van der Waals surface area contributed by atoms with E-state index in [9.17, 15) is 0 Å². The molecular weight excluding hydrogens is 364 g/mol. The number of aromatic nitrogens is 1. The fraction of sp³-hybridized carbons (Fsp3) is 0.125. The molecule has 0 amide bonds. The van der Waals surface area contributed by atoms with E-state index in [0.717, 1.165) is 26.0 Å². The molecule has 1 aromatic heterocycles. The van der Waals surface area contributed by atoms with Gasteiger partial charge in [0.2, 0.25) is 5.13 Å². The number of nitrogens with zero attached hydrogens (tertiary/aromatic N) is 2. The molecule has 0 fully saturated rings. The molecule has 0 N–H and O–H groups in total. The molecule has 0 atom stereocenters. The summed E-state index contributed by atoms with van der Waals surface area (Å²) in [6.45, 7) is 0. The van der Waals surface area contributed by atoms with E-state index in [0.29, 0.717) is 10.9 Å². The van der Waals surface area contributed by atoms with Gasteiger partial charge in [0.25, 0.3) is 0 Å². The summed E-state index contributed by atoms with van der Waals surface area (Å²) in [5.74, 6) is 1.46. The van der Waals surface area contributed by atoms with Gasteiger partial charge in [0.1, 0.15) is 11.5 Å². The van der Waals surface area contributed by atoms with E-state index < -0.39 is 0 Å². The number of rotatable bonds is 4. The quantitative estimate of drug-likeness (QED) is 0.612. The number of methoxy groups -OCH3 is 2. The topological polar surface area (TPSA) is 43.7 Å². The smallest absolute Gasteiger partial charge is 0.210 e. The van der Waals surface area contributed by atoms with Crippen LogP contribution in [-0.2, 0) is 0 Å². The second-order valence-electron chi connectivity index (χ2n) is 4.47. The summed E-state index contributed by atoms with van der Waals surface area (Å²) < 4.78 is 12.7. The van der Waals surface area contributed by atoms with Crippen molar-refractivity contribution >= 4 is 48.8 Å². The van der Waals surface area contributed by atoms with Gasteiger partial charge in [0, 0.05) is 22.3 Å². The molecule has 0 bridgehead atoms. The zero-order chi connectivity index (χ0) is 15.5. The Balaban J connectivity index is 1.92. The number of hydrogen-bond acceptors (Lipinski definition) is 5. The minimum atomic E-state index is 0.714. The van der Waals surface area contributed by atoms with Crippen LogP contribution in [0.5, 0.6) is 11.5 Å². The van der Waals surface area contributed by atoms with Gasteiger partial charge in [0.15, 0.2) is 0 Å². The Kier molecular flexibility index (Phi) is 4.40. The molecule has 0 saturated carbocycles. The van der Waals surface area contributed by atoms with E-state index in [2.05, 4.69) is 25.9 Å². The molecule has 3 rings (SSSR count). The highest BCUT2D eigenvalue weighted by Crippen LogP contribution is 2.30. The van der Waals surface area contributed by atoms with Crippen LogP contribution in [-0.4, -0.2) is 25.4 Å². The first-order chi connectivity index (χ1) is 10.7. The first-order valence-corrected chi connectivity index (χ1v) is 8.13. The molecule has 0 aliphatic carbocycles. The summed E-state index contributed by atoms with van der Waals surface area (Å²) >= 11 is 5.01. The maximum absolute atomic E-state index is 5.36. The zero-order valence-corrected chi connectivity index (χ0v) is 14.4. The van der Waals surface area contributed by atoms with Crippen molar-refractivity contribution in [2.24, 2.45) is 4.99 Å². The highest BCUT2D eigenvalue weighted by Gasteiger charge is 2.05. The average molecular weight is 377 g/mol. The van der Waals surface area contributed by atoms with E-state index in [4.69, 9.17) is 9.47 Å². The Morgan fingerprint density at radius 2 is 2.00 bits per heavy atom. The number of ether oxygens (including phenoxy) is 2. The van der Waals surface area contributed by atoms with Crippen molar-refractivity contribution in [3.63, 3.8) is 0 Å². The fourth-order valence-electron chi connectivity index (χ4n) is 1.99. The molecule has 4 nitrogen and oxygen atoms in total. The molecule has 0 radical (unpaired) electrons. The van der Waals surface area contributed by atoms with Crippen LogP contribution < -0.4 is 9.47 Å². The molecule has 0 spiro atoms. The number of fused-ring (bicyclic) bond motifs is 1. The summed E-state index contributed by atoms with van der Waals surface area (Å²) in [6.07, 6.45) is 1.75. The highest BCUT2D eigenvalue weighted by molar-refractivity contribution is 9.10. The maximum atomic E-state index is 5.36. The third-order valence-electron chi connectivity index (χ3n) is 3.09. The second-order valence-corrected chi connectivity index (χ2v) is 6.40. The van der Waals surface area contributed by atoms with Crippen LogP contribution in [0, 0.1) is 0 Å². The minimum Gasteiger partial charge on any atom is -0.497 e. The van der Waals surface area contributed by atoms with Gasteiger partial charge in [-0.25, -0.2) is 9.98 Å². The molecule has 6 heteroatoms. The lowest BCUT2D eigenvalue weighted by Crippen LogP contribution is -1.92. The van der Waals surface area contributed by atoms with Crippen LogP contribution in [0.1, 0.15) is 5.56 Å². The van der Waals surface area contributed by atoms with Crippen molar-refractivity contribution in [3.05, 3.63) is 46.4 Å². The molecule has 0 unspecified atom stereocenters. The van der Waals surface area contributed by atoms with Crippen molar-refractivity contribution in [1.82, 2.24) is 4.98 Å². The number of benzene rings is 2. The van der Waals surface area contributed by atoms with E-state index in [1.54, 1.807) is 31.8 Å². The largest absolute Gasteiger partial charge is 0.497 e. The summed E-state index contributed by atoms with van der Waals surface area (Å²) in [6, 6.07) is 11.6. The molecule has 0 aliphatic heterocycles. The van der Waals surface area contributed by atoms with E-state index in [-0.39, 0.29) is 0 Å². The Hall–Kier alpha value is -1.92. The normalized spacial score (nSPS) is 11.2. The number of hydrogen-bond donors (Lipinski definition) is 0. The van der Waals surface area contributed by atoms with Crippen LogP contribution in [0.25, 0.3) is 10.2 Å². The Bertz CT molecular complexity index is 845. The number of halogens is 1. The third kappa shape index (κ3) is 3.13. The molecule has 0 saturated heterocycles. The SMILES string of the molecule is COc1ccc(C=Nc2nc3ccc(Br)cc3s2)c(OC)c1. The molecule has 2 aromatic carbocycles. The van der Waals surface area contributed by atoms with E-state index in [1.165, 1.54) is 0 Å². The predicted molar refractivity (Wildman–Crippen MR) is 94.1 cm³/mol. The molecule has 0 aliphatic rings. The first-order valence-electron chi connectivity index (χ1n) is 6.52. The van der Waals surface area contributed by atoms with Crippen LogP contribution >= 0.6 is 27.3 Å². The van der Waals surface area contributed by atoms with Crippen LogP contribution in [0.15, 0.2) is 45.9 Å². The lowest BCUT2D eigenvalue weighted by atomic mass is 10.2. The third-order valence-corrected chi connectivity index (χ3v) is 4.51. The van der Waals surface area contributed by atoms with E-state index in [1.807, 2.05) is 36.4 Å². The van der Waals surface area contributed by atoms with Gasteiger partial charge in [-0.05, 0) is 30.3 Å².